The fourth-order valence-electron chi connectivity index (χ4n) is 4.06. The van der Waals surface area contributed by atoms with Crippen LogP contribution in [0.15, 0.2) is 23.1 Å². The quantitative estimate of drug-likeness (QED) is 0.542. The van der Waals surface area contributed by atoms with Gasteiger partial charge in [0.1, 0.15) is 5.75 Å². The molecule has 1 aromatic carbocycles. The van der Waals surface area contributed by atoms with Crippen LogP contribution >= 0.6 is 0 Å². The Morgan fingerprint density at radius 2 is 1.87 bits per heavy atom. The molecule has 1 N–H and O–H groups in total. The van der Waals surface area contributed by atoms with Crippen LogP contribution in [0.2, 0.25) is 0 Å². The Bertz CT molecular complexity index is 818. The second-order valence-corrected chi connectivity index (χ2v) is 10.0. The maximum atomic E-state index is 13.0. The summed E-state index contributed by atoms with van der Waals surface area (Å²) in [4.78, 5) is 14.9. The highest BCUT2D eigenvalue weighted by Gasteiger charge is 2.26. The standard InChI is InChI=1S/C22H35N3O5S/c1-29-21-8-7-20(31(27,28)25-12-3-2-4-13-25)18-19(21)6-9-22(26)23-10-5-11-24-14-16-30-17-15-24/h7-8,18H,2-6,9-17H2,1H3,(H,23,26). The van der Waals surface area contributed by atoms with Gasteiger partial charge in [-0.2, -0.15) is 4.31 Å². The van der Waals surface area contributed by atoms with Gasteiger partial charge in [-0.05, 0) is 56.0 Å². The van der Waals surface area contributed by atoms with Crippen LogP contribution in [0.5, 0.6) is 5.75 Å². The van der Waals surface area contributed by atoms with Gasteiger partial charge in [0.15, 0.2) is 0 Å². The fraction of sp³-hybridized carbons (Fsp3) is 0.682. The first-order chi connectivity index (χ1) is 15.0. The number of nitrogens with one attached hydrogen (secondary N) is 1. The average Bonchev–Trinajstić information content (AvgIpc) is 2.81. The van der Waals surface area contributed by atoms with Gasteiger partial charge >= 0.3 is 0 Å². The number of hydrogen-bond acceptors (Lipinski definition) is 6. The third-order valence-electron chi connectivity index (χ3n) is 5.90. The maximum absolute atomic E-state index is 13.0. The molecule has 0 bridgehead atoms. The normalized spacial score (nSPS) is 18.6. The van der Waals surface area contributed by atoms with E-state index < -0.39 is 10.0 Å². The molecule has 1 aromatic rings. The van der Waals surface area contributed by atoms with Gasteiger partial charge in [-0.25, -0.2) is 8.42 Å². The molecule has 2 fully saturated rings. The summed E-state index contributed by atoms with van der Waals surface area (Å²) in [5.41, 5.74) is 0.740. The first-order valence-corrected chi connectivity index (χ1v) is 12.7. The van der Waals surface area contributed by atoms with Crippen molar-refractivity contribution in [2.45, 2.75) is 43.4 Å². The van der Waals surface area contributed by atoms with Crippen molar-refractivity contribution in [2.75, 3.05) is 59.6 Å². The first kappa shape index (κ1) is 24.0. The molecule has 0 saturated carbocycles. The second-order valence-electron chi connectivity index (χ2n) is 8.10. The molecule has 0 spiro atoms. The number of ether oxygens (including phenoxy) is 2. The average molecular weight is 454 g/mol. The number of aryl methyl sites for hydroxylation is 1. The summed E-state index contributed by atoms with van der Waals surface area (Å²) in [6, 6.07) is 4.94. The van der Waals surface area contributed by atoms with Crippen LogP contribution in [0.3, 0.4) is 0 Å². The number of nitrogens with zero attached hydrogens (tertiary/aromatic N) is 2. The molecule has 0 aromatic heterocycles. The Kier molecular flexibility index (Phi) is 9.13. The summed E-state index contributed by atoms with van der Waals surface area (Å²) < 4.78 is 38.3. The highest BCUT2D eigenvalue weighted by Crippen LogP contribution is 2.27. The number of rotatable bonds is 10. The van der Waals surface area contributed by atoms with Crippen LogP contribution in [0, 0.1) is 0 Å². The minimum Gasteiger partial charge on any atom is -0.496 e. The minimum atomic E-state index is -3.51. The van der Waals surface area contributed by atoms with Crippen LogP contribution in [0.1, 0.15) is 37.7 Å². The van der Waals surface area contributed by atoms with Crippen LogP contribution in [-0.4, -0.2) is 83.1 Å². The van der Waals surface area contributed by atoms with E-state index in [4.69, 9.17) is 9.47 Å². The van der Waals surface area contributed by atoms with Crippen molar-refractivity contribution in [1.29, 1.82) is 0 Å². The Hall–Kier alpha value is -1.68. The van der Waals surface area contributed by atoms with E-state index in [1.807, 2.05) is 0 Å². The molecule has 31 heavy (non-hydrogen) atoms. The summed E-state index contributed by atoms with van der Waals surface area (Å²) in [5, 5.41) is 2.96. The van der Waals surface area contributed by atoms with Crippen LogP contribution in [0.4, 0.5) is 0 Å². The molecule has 0 aliphatic carbocycles. The van der Waals surface area contributed by atoms with Crippen LogP contribution < -0.4 is 10.1 Å². The van der Waals surface area contributed by atoms with E-state index in [9.17, 15) is 13.2 Å². The van der Waals surface area contributed by atoms with Crippen molar-refractivity contribution in [2.24, 2.45) is 0 Å². The fourth-order valence-corrected chi connectivity index (χ4v) is 5.63. The van der Waals surface area contributed by atoms with Gasteiger partial charge < -0.3 is 14.8 Å². The van der Waals surface area contributed by atoms with E-state index in [1.54, 1.807) is 29.6 Å². The van der Waals surface area contributed by atoms with Crippen molar-refractivity contribution in [1.82, 2.24) is 14.5 Å². The van der Waals surface area contributed by atoms with E-state index in [0.29, 0.717) is 38.2 Å². The topological polar surface area (TPSA) is 88.2 Å². The van der Waals surface area contributed by atoms with E-state index >= 15 is 0 Å². The van der Waals surface area contributed by atoms with E-state index in [2.05, 4.69) is 10.2 Å². The summed E-state index contributed by atoms with van der Waals surface area (Å²) in [7, 11) is -1.95. The Balaban J connectivity index is 1.51. The SMILES string of the molecule is COc1ccc(S(=O)(=O)N2CCCCC2)cc1CCC(=O)NCCCN1CCOCC1. The molecule has 2 aliphatic rings. The maximum Gasteiger partial charge on any atom is 0.243 e. The molecule has 2 heterocycles. The third kappa shape index (κ3) is 6.90. The van der Waals surface area contributed by atoms with Crippen LogP contribution in [0.25, 0.3) is 0 Å². The predicted octanol–water partition coefficient (Wildman–Crippen LogP) is 1.64. The number of amides is 1. The lowest BCUT2D eigenvalue weighted by atomic mass is 10.1. The summed E-state index contributed by atoms with van der Waals surface area (Å²) in [6.07, 6.45) is 4.49. The largest absolute Gasteiger partial charge is 0.496 e. The number of sulfonamides is 1. The molecule has 2 aliphatic heterocycles. The van der Waals surface area contributed by atoms with Crippen molar-refractivity contribution in [3.8, 4) is 5.75 Å². The summed E-state index contributed by atoms with van der Waals surface area (Å²) in [6.45, 7) is 6.17. The predicted molar refractivity (Wildman–Crippen MR) is 119 cm³/mol. The second kappa shape index (κ2) is 11.8. The van der Waals surface area contributed by atoms with Crippen molar-refractivity contribution in [3.63, 3.8) is 0 Å². The van der Waals surface area contributed by atoms with E-state index in [1.165, 1.54) is 0 Å². The first-order valence-electron chi connectivity index (χ1n) is 11.2. The number of hydrogen-bond donors (Lipinski definition) is 1. The Morgan fingerprint density at radius 3 is 2.58 bits per heavy atom. The smallest absolute Gasteiger partial charge is 0.243 e. The monoisotopic (exact) mass is 453 g/mol. The van der Waals surface area contributed by atoms with E-state index in [0.717, 1.165) is 64.1 Å². The lowest BCUT2D eigenvalue weighted by molar-refractivity contribution is -0.121. The lowest BCUT2D eigenvalue weighted by Crippen LogP contribution is -2.38. The van der Waals surface area contributed by atoms with Crippen molar-refractivity contribution < 1.29 is 22.7 Å². The highest BCUT2D eigenvalue weighted by molar-refractivity contribution is 7.89. The number of benzene rings is 1. The molecule has 2 saturated heterocycles. The molecular weight excluding hydrogens is 418 g/mol. The van der Waals surface area contributed by atoms with E-state index in [-0.39, 0.29) is 10.8 Å². The molecule has 0 atom stereocenters. The van der Waals surface area contributed by atoms with Gasteiger partial charge in [0.2, 0.25) is 15.9 Å². The molecule has 0 radical (unpaired) electrons. The van der Waals surface area contributed by atoms with Gasteiger partial charge in [0.25, 0.3) is 0 Å². The molecule has 174 valence electrons. The number of carbonyl (C=O) groups excluding carboxylic acids is 1. The third-order valence-corrected chi connectivity index (χ3v) is 7.80. The van der Waals surface area contributed by atoms with Crippen LogP contribution in [-0.2, 0) is 26.0 Å². The summed E-state index contributed by atoms with van der Waals surface area (Å²) in [5.74, 6) is 0.575. The van der Waals surface area contributed by atoms with Gasteiger partial charge in [-0.1, -0.05) is 6.42 Å². The number of carbonyl (C=O) groups is 1. The van der Waals surface area contributed by atoms with Gasteiger partial charge in [-0.15, -0.1) is 0 Å². The number of morpholine rings is 1. The molecular formula is C22H35N3O5S. The minimum absolute atomic E-state index is 0.0340. The molecule has 1 amide bonds. The highest BCUT2D eigenvalue weighted by atomic mass is 32.2. The lowest BCUT2D eigenvalue weighted by Gasteiger charge is -2.26. The van der Waals surface area contributed by atoms with Crippen molar-refractivity contribution >= 4 is 15.9 Å². The van der Waals surface area contributed by atoms with Gasteiger partial charge in [0, 0.05) is 39.1 Å². The molecule has 9 heteroatoms. The zero-order chi connectivity index (χ0) is 22.1. The molecule has 8 nitrogen and oxygen atoms in total. The number of methoxy groups -OCH3 is 1. The molecule has 3 rings (SSSR count). The number of piperidine rings is 1. The van der Waals surface area contributed by atoms with Gasteiger partial charge in [-0.3, -0.25) is 9.69 Å². The Labute approximate surface area is 185 Å². The van der Waals surface area contributed by atoms with Crippen molar-refractivity contribution in [3.05, 3.63) is 23.8 Å². The zero-order valence-electron chi connectivity index (χ0n) is 18.5. The molecule has 0 unspecified atom stereocenters. The Morgan fingerprint density at radius 1 is 1.13 bits per heavy atom. The zero-order valence-corrected chi connectivity index (χ0v) is 19.3. The van der Waals surface area contributed by atoms with Gasteiger partial charge in [0.05, 0.1) is 25.2 Å². The summed E-state index contributed by atoms with van der Waals surface area (Å²) >= 11 is 0.